The Labute approximate surface area is 229 Å². The molecule has 0 fully saturated rings. The summed E-state index contributed by atoms with van der Waals surface area (Å²) in [6, 6.07) is 37.5. The lowest BCUT2D eigenvalue weighted by Crippen LogP contribution is -2.01. The molecular weight excluding hydrogens is 492 g/mol. The topological polar surface area (TPSA) is 77.3 Å². The Kier molecular flexibility index (Phi) is 5.03. The molecule has 8 aromatic rings. The van der Waals surface area contributed by atoms with Crippen molar-refractivity contribution in [3.63, 3.8) is 0 Å². The molecule has 0 aliphatic heterocycles. The van der Waals surface area contributed by atoms with Crippen molar-refractivity contribution >= 4 is 32.3 Å². The molecule has 2 heterocycles. The van der Waals surface area contributed by atoms with Gasteiger partial charge in [0.25, 0.3) is 0 Å². The van der Waals surface area contributed by atoms with E-state index in [1.54, 1.807) is 0 Å². The summed E-state index contributed by atoms with van der Waals surface area (Å²) in [5.74, 6) is 2.50. The molecule has 0 aliphatic rings. The van der Waals surface area contributed by atoms with E-state index in [2.05, 4.69) is 69.5 Å². The van der Waals surface area contributed by atoms with Crippen LogP contribution in [0.3, 0.4) is 0 Å². The Morgan fingerprint density at radius 2 is 0.925 bits per heavy atom. The van der Waals surface area contributed by atoms with Crippen molar-refractivity contribution in [2.45, 2.75) is 0 Å². The lowest BCUT2D eigenvalue weighted by molar-refractivity contribution is 1.05. The minimum Gasteiger partial charge on any atom is -0.225 e. The van der Waals surface area contributed by atoms with Crippen LogP contribution in [-0.4, -0.2) is 29.9 Å². The van der Waals surface area contributed by atoms with Crippen LogP contribution in [0, 0.1) is 0 Å². The van der Waals surface area contributed by atoms with Gasteiger partial charge in [-0.1, -0.05) is 103 Å². The van der Waals surface area contributed by atoms with E-state index in [4.69, 9.17) is 15.0 Å². The van der Waals surface area contributed by atoms with Crippen LogP contribution in [-0.2, 0) is 0 Å². The van der Waals surface area contributed by atoms with Crippen LogP contribution in [0.25, 0.3) is 77.9 Å². The fourth-order valence-electron chi connectivity index (χ4n) is 5.43. The lowest BCUT2D eigenvalue weighted by Gasteiger charge is -2.14. The second-order valence-electron chi connectivity index (χ2n) is 9.68. The number of hydrogen-bond donors (Lipinski definition) is 0. The fourth-order valence-corrected chi connectivity index (χ4v) is 5.43. The molecule has 8 rings (SSSR count). The lowest BCUT2D eigenvalue weighted by atomic mass is 9.92. The number of nitrogens with zero attached hydrogens (tertiary/aromatic N) is 6. The normalized spacial score (nSPS) is 11.5. The largest absolute Gasteiger partial charge is 0.225 e. The highest BCUT2D eigenvalue weighted by atomic mass is 15.0. The smallest absolute Gasteiger partial charge is 0.164 e. The standard InChI is InChI=1S/C34H20N6/c1-2-5-24(6-3-1)32-38-33(26-13-11-25(12-14-26)31-36-19-35-20-37-31)40-34(39-32)28-18-16-23-10-9-21-7-4-8-22-15-17-27(28)30(23)29(21)22/h1-20H. The molecule has 6 aromatic carbocycles. The first-order valence-corrected chi connectivity index (χ1v) is 13.0. The molecule has 40 heavy (non-hydrogen) atoms. The van der Waals surface area contributed by atoms with Crippen molar-refractivity contribution in [2.75, 3.05) is 0 Å². The summed E-state index contributed by atoms with van der Waals surface area (Å²) in [6.07, 6.45) is 2.99. The van der Waals surface area contributed by atoms with Crippen molar-refractivity contribution in [1.29, 1.82) is 0 Å². The second kappa shape index (κ2) is 8.99. The Hall–Kier alpha value is -5.62. The number of benzene rings is 6. The van der Waals surface area contributed by atoms with Crippen LogP contribution in [0.5, 0.6) is 0 Å². The third-order valence-corrected chi connectivity index (χ3v) is 7.33. The molecular formula is C34H20N6. The van der Waals surface area contributed by atoms with E-state index >= 15 is 0 Å². The summed E-state index contributed by atoms with van der Waals surface area (Å²) in [7, 11) is 0. The number of aromatic nitrogens is 6. The molecule has 6 heteroatoms. The van der Waals surface area contributed by atoms with Gasteiger partial charge in [-0.2, -0.15) is 0 Å². The molecule has 0 amide bonds. The summed E-state index contributed by atoms with van der Waals surface area (Å²) in [5, 5.41) is 7.29. The van der Waals surface area contributed by atoms with E-state index < -0.39 is 0 Å². The van der Waals surface area contributed by atoms with Crippen LogP contribution in [0.15, 0.2) is 122 Å². The zero-order valence-corrected chi connectivity index (χ0v) is 21.2. The Morgan fingerprint density at radius 1 is 0.375 bits per heavy atom. The van der Waals surface area contributed by atoms with Gasteiger partial charge in [-0.25, -0.2) is 29.9 Å². The zero-order chi connectivity index (χ0) is 26.5. The zero-order valence-electron chi connectivity index (χ0n) is 21.2. The molecule has 0 spiro atoms. The summed E-state index contributed by atoms with van der Waals surface area (Å²) in [6.45, 7) is 0. The van der Waals surface area contributed by atoms with E-state index in [1.165, 1.54) is 39.6 Å². The average molecular weight is 513 g/mol. The van der Waals surface area contributed by atoms with E-state index in [9.17, 15) is 0 Å². The first-order chi connectivity index (χ1) is 19.8. The summed E-state index contributed by atoms with van der Waals surface area (Å²) < 4.78 is 0. The number of hydrogen-bond acceptors (Lipinski definition) is 6. The Morgan fingerprint density at radius 3 is 1.62 bits per heavy atom. The third kappa shape index (κ3) is 3.66. The average Bonchev–Trinajstić information content (AvgIpc) is 3.04. The highest BCUT2D eigenvalue weighted by Crippen LogP contribution is 2.39. The van der Waals surface area contributed by atoms with Gasteiger partial charge in [0, 0.05) is 22.3 Å². The van der Waals surface area contributed by atoms with Crippen LogP contribution in [0.4, 0.5) is 0 Å². The van der Waals surface area contributed by atoms with Crippen LogP contribution < -0.4 is 0 Å². The molecule has 0 atom stereocenters. The maximum Gasteiger partial charge on any atom is 0.164 e. The predicted molar refractivity (Wildman–Crippen MR) is 159 cm³/mol. The van der Waals surface area contributed by atoms with E-state index in [1.807, 2.05) is 54.6 Å². The highest BCUT2D eigenvalue weighted by molar-refractivity contribution is 6.25. The van der Waals surface area contributed by atoms with Gasteiger partial charge < -0.3 is 0 Å². The van der Waals surface area contributed by atoms with Crippen molar-refractivity contribution in [3.8, 4) is 45.6 Å². The van der Waals surface area contributed by atoms with Crippen LogP contribution >= 0.6 is 0 Å². The molecule has 0 saturated carbocycles. The van der Waals surface area contributed by atoms with Gasteiger partial charge in [-0.05, 0) is 38.4 Å². The monoisotopic (exact) mass is 512 g/mol. The first kappa shape index (κ1) is 22.4. The van der Waals surface area contributed by atoms with Gasteiger partial charge in [0.05, 0.1) is 0 Å². The van der Waals surface area contributed by atoms with Crippen molar-refractivity contribution in [3.05, 3.63) is 122 Å². The number of rotatable bonds is 4. The maximum absolute atomic E-state index is 5.02. The van der Waals surface area contributed by atoms with Crippen LogP contribution in [0.2, 0.25) is 0 Å². The van der Waals surface area contributed by atoms with Gasteiger partial charge in [0.2, 0.25) is 0 Å². The van der Waals surface area contributed by atoms with Gasteiger partial charge in [-0.15, -0.1) is 0 Å². The molecule has 6 nitrogen and oxygen atoms in total. The third-order valence-electron chi connectivity index (χ3n) is 7.33. The van der Waals surface area contributed by atoms with Gasteiger partial charge >= 0.3 is 0 Å². The predicted octanol–water partition coefficient (Wildman–Crippen LogP) is 7.62. The highest BCUT2D eigenvalue weighted by Gasteiger charge is 2.17. The van der Waals surface area contributed by atoms with E-state index in [0.29, 0.717) is 23.3 Å². The quantitative estimate of drug-likeness (QED) is 0.226. The fraction of sp³-hybridized carbons (Fsp3) is 0. The van der Waals surface area contributed by atoms with Gasteiger partial charge in [0.1, 0.15) is 12.7 Å². The van der Waals surface area contributed by atoms with Crippen molar-refractivity contribution in [1.82, 2.24) is 29.9 Å². The molecule has 0 unspecified atom stereocenters. The second-order valence-corrected chi connectivity index (χ2v) is 9.68. The summed E-state index contributed by atoms with van der Waals surface area (Å²) in [5.41, 5.74) is 3.70. The first-order valence-electron chi connectivity index (χ1n) is 13.0. The van der Waals surface area contributed by atoms with E-state index in [-0.39, 0.29) is 0 Å². The Balaban J connectivity index is 1.34. The molecule has 186 valence electrons. The summed E-state index contributed by atoms with van der Waals surface area (Å²) in [4.78, 5) is 27.3. The van der Waals surface area contributed by atoms with Crippen LogP contribution in [0.1, 0.15) is 0 Å². The SMILES string of the molecule is c1ccc(-c2nc(-c3ccc(-c4ncncn4)cc3)nc(-c3ccc4ccc5cccc6ccc3c4c56)n2)cc1. The van der Waals surface area contributed by atoms with E-state index in [0.717, 1.165) is 27.6 Å². The maximum atomic E-state index is 5.02. The molecule has 0 saturated heterocycles. The van der Waals surface area contributed by atoms with Crippen molar-refractivity contribution < 1.29 is 0 Å². The summed E-state index contributed by atoms with van der Waals surface area (Å²) >= 11 is 0. The van der Waals surface area contributed by atoms with Gasteiger partial charge in [0.15, 0.2) is 23.3 Å². The minimum atomic E-state index is 0.608. The molecule has 2 aromatic heterocycles. The Bertz CT molecular complexity index is 2130. The van der Waals surface area contributed by atoms with Gasteiger partial charge in [-0.3, -0.25) is 0 Å². The van der Waals surface area contributed by atoms with Crippen molar-refractivity contribution in [2.24, 2.45) is 0 Å². The molecule has 0 aliphatic carbocycles. The molecule has 0 N–H and O–H groups in total. The molecule has 0 bridgehead atoms. The molecule has 0 radical (unpaired) electrons. The minimum absolute atomic E-state index is 0.608.